The highest BCUT2D eigenvalue weighted by molar-refractivity contribution is 5.99. The lowest BCUT2D eigenvalue weighted by molar-refractivity contribution is -0.123. The fraction of sp³-hybridized carbons (Fsp3) is 0.375. The lowest BCUT2D eigenvalue weighted by Gasteiger charge is -2.32. The molecule has 2 amide bonds. The molecule has 2 aromatic rings. The summed E-state index contributed by atoms with van der Waals surface area (Å²) in [5.74, 6) is -2.04. The number of hydrogen-bond acceptors (Lipinski definition) is 5. The number of hydrogen-bond donors (Lipinski definition) is 2. The van der Waals surface area contributed by atoms with Gasteiger partial charge in [0.1, 0.15) is 23.3 Å². The van der Waals surface area contributed by atoms with E-state index in [2.05, 4.69) is 5.32 Å². The lowest BCUT2D eigenvalue weighted by Crippen LogP contribution is -2.50. The summed E-state index contributed by atoms with van der Waals surface area (Å²) >= 11 is 0. The standard InChI is InChI=1S/C24H30F2N4O3/c1-24(2,3)33-23(32)30(6)21(11-15-9-17(25)13-18(26)10-15)22(31)29(5)19-7-8-20(28-4)16(12-19)14-27/h7-10,12-14,21,27-28H,11H2,1-6H3. The summed E-state index contributed by atoms with van der Waals surface area (Å²) in [7, 11) is 4.67. The Morgan fingerprint density at radius 2 is 1.73 bits per heavy atom. The summed E-state index contributed by atoms with van der Waals surface area (Å²) in [5, 5.41) is 10.6. The Bertz CT molecular complexity index is 1020. The molecule has 0 radical (unpaired) electrons. The summed E-state index contributed by atoms with van der Waals surface area (Å²) < 4.78 is 32.9. The maximum atomic E-state index is 13.8. The minimum absolute atomic E-state index is 0.125. The number of carbonyl (C=O) groups excluding carboxylic acids is 2. The molecular formula is C24H30F2N4O3. The highest BCUT2D eigenvalue weighted by atomic mass is 19.1. The molecule has 0 bridgehead atoms. The van der Waals surface area contributed by atoms with Crippen molar-refractivity contribution in [1.82, 2.24) is 4.90 Å². The van der Waals surface area contributed by atoms with Crippen molar-refractivity contribution in [2.45, 2.75) is 38.8 Å². The number of ether oxygens (including phenoxy) is 1. The van der Waals surface area contributed by atoms with E-state index in [0.29, 0.717) is 16.9 Å². The molecule has 0 aliphatic carbocycles. The molecule has 1 atom stereocenters. The molecule has 33 heavy (non-hydrogen) atoms. The van der Waals surface area contributed by atoms with Crippen LogP contribution in [0.2, 0.25) is 0 Å². The number of carbonyl (C=O) groups is 2. The van der Waals surface area contributed by atoms with Crippen LogP contribution in [0.15, 0.2) is 36.4 Å². The van der Waals surface area contributed by atoms with Crippen LogP contribution in [-0.2, 0) is 16.0 Å². The topological polar surface area (TPSA) is 85.7 Å². The smallest absolute Gasteiger partial charge is 0.410 e. The number of nitrogens with one attached hydrogen (secondary N) is 2. The second kappa shape index (κ2) is 10.4. The van der Waals surface area contributed by atoms with Crippen LogP contribution in [0.3, 0.4) is 0 Å². The van der Waals surface area contributed by atoms with Crippen molar-refractivity contribution in [2.24, 2.45) is 0 Å². The summed E-state index contributed by atoms with van der Waals surface area (Å²) in [6.45, 7) is 5.10. The van der Waals surface area contributed by atoms with Crippen LogP contribution in [0.4, 0.5) is 25.0 Å². The lowest BCUT2D eigenvalue weighted by atomic mass is 10.0. The molecule has 2 aromatic carbocycles. The molecule has 178 valence electrons. The molecule has 7 nitrogen and oxygen atoms in total. The Balaban J connectivity index is 2.43. The highest BCUT2D eigenvalue weighted by Crippen LogP contribution is 2.24. The van der Waals surface area contributed by atoms with Gasteiger partial charge in [0.25, 0.3) is 0 Å². The van der Waals surface area contributed by atoms with Gasteiger partial charge in [-0.3, -0.25) is 9.69 Å². The normalized spacial score (nSPS) is 12.0. The zero-order valence-corrected chi connectivity index (χ0v) is 19.7. The molecule has 0 heterocycles. The third-order valence-electron chi connectivity index (χ3n) is 4.96. The van der Waals surface area contributed by atoms with E-state index in [1.54, 1.807) is 46.0 Å². The van der Waals surface area contributed by atoms with Crippen molar-refractivity contribution >= 4 is 29.6 Å². The first-order chi connectivity index (χ1) is 15.4. The van der Waals surface area contributed by atoms with Crippen LogP contribution < -0.4 is 10.2 Å². The van der Waals surface area contributed by atoms with Crippen molar-refractivity contribution in [3.63, 3.8) is 0 Å². The maximum absolute atomic E-state index is 13.8. The van der Waals surface area contributed by atoms with Gasteiger partial charge in [-0.1, -0.05) is 0 Å². The number of rotatable bonds is 7. The van der Waals surface area contributed by atoms with Crippen LogP contribution in [0.1, 0.15) is 31.9 Å². The van der Waals surface area contributed by atoms with Crippen molar-refractivity contribution in [3.8, 4) is 0 Å². The maximum Gasteiger partial charge on any atom is 0.410 e. The van der Waals surface area contributed by atoms with E-state index in [1.165, 1.54) is 19.0 Å². The zero-order chi connectivity index (χ0) is 24.9. The quantitative estimate of drug-likeness (QED) is 0.598. The Morgan fingerprint density at radius 3 is 2.24 bits per heavy atom. The SMILES string of the molecule is CNc1ccc(N(C)C(=O)C(Cc2cc(F)cc(F)c2)N(C)C(=O)OC(C)(C)C)cc1C=N. The third kappa shape index (κ3) is 6.74. The fourth-order valence-electron chi connectivity index (χ4n) is 3.26. The Hall–Kier alpha value is -3.49. The molecule has 2 N–H and O–H groups in total. The number of halogens is 2. The van der Waals surface area contributed by atoms with Gasteiger partial charge in [0, 0.05) is 56.8 Å². The van der Waals surface area contributed by atoms with Gasteiger partial charge in [-0.05, 0) is 56.7 Å². The number of nitrogens with zero attached hydrogens (tertiary/aromatic N) is 2. The molecule has 0 spiro atoms. The van der Waals surface area contributed by atoms with Crippen LogP contribution >= 0.6 is 0 Å². The average molecular weight is 461 g/mol. The molecular weight excluding hydrogens is 430 g/mol. The molecule has 0 saturated carbocycles. The third-order valence-corrected chi connectivity index (χ3v) is 4.96. The van der Waals surface area contributed by atoms with Crippen molar-refractivity contribution < 1.29 is 23.1 Å². The average Bonchev–Trinajstić information content (AvgIpc) is 2.73. The van der Waals surface area contributed by atoms with Gasteiger partial charge in [0.2, 0.25) is 5.91 Å². The Kier molecular flexibility index (Phi) is 8.13. The molecule has 0 aromatic heterocycles. The minimum atomic E-state index is -1.10. The number of anilines is 2. The van der Waals surface area contributed by atoms with Crippen LogP contribution in [0.5, 0.6) is 0 Å². The monoisotopic (exact) mass is 460 g/mol. The van der Waals surface area contributed by atoms with Gasteiger partial charge < -0.3 is 20.4 Å². The van der Waals surface area contributed by atoms with Crippen LogP contribution in [0, 0.1) is 17.0 Å². The molecule has 2 rings (SSSR count). The zero-order valence-electron chi connectivity index (χ0n) is 19.7. The first kappa shape index (κ1) is 25.8. The predicted molar refractivity (Wildman–Crippen MR) is 125 cm³/mol. The van der Waals surface area contributed by atoms with E-state index < -0.39 is 35.3 Å². The van der Waals surface area contributed by atoms with Gasteiger partial charge in [0.15, 0.2) is 0 Å². The van der Waals surface area contributed by atoms with Crippen LogP contribution in [-0.4, -0.2) is 55.9 Å². The fourth-order valence-corrected chi connectivity index (χ4v) is 3.26. The van der Waals surface area contributed by atoms with Crippen LogP contribution in [0.25, 0.3) is 0 Å². The van der Waals surface area contributed by atoms with Gasteiger partial charge in [0.05, 0.1) is 0 Å². The van der Waals surface area contributed by atoms with E-state index in [-0.39, 0.29) is 12.0 Å². The van der Waals surface area contributed by atoms with E-state index in [9.17, 15) is 18.4 Å². The van der Waals surface area contributed by atoms with Crippen molar-refractivity contribution in [2.75, 3.05) is 31.4 Å². The largest absolute Gasteiger partial charge is 0.444 e. The predicted octanol–water partition coefficient (Wildman–Crippen LogP) is 4.45. The van der Waals surface area contributed by atoms with Crippen molar-refractivity contribution in [3.05, 3.63) is 59.2 Å². The van der Waals surface area contributed by atoms with E-state index in [0.717, 1.165) is 29.3 Å². The first-order valence-electron chi connectivity index (χ1n) is 10.4. The van der Waals surface area contributed by atoms with Gasteiger partial charge >= 0.3 is 6.09 Å². The highest BCUT2D eigenvalue weighted by Gasteiger charge is 2.33. The van der Waals surface area contributed by atoms with Gasteiger partial charge in [-0.25, -0.2) is 13.6 Å². The van der Waals surface area contributed by atoms with E-state index >= 15 is 0 Å². The Morgan fingerprint density at radius 1 is 1.12 bits per heavy atom. The second-order valence-corrected chi connectivity index (χ2v) is 8.65. The van der Waals surface area contributed by atoms with Gasteiger partial charge in [-0.15, -0.1) is 0 Å². The molecule has 0 aliphatic heterocycles. The van der Waals surface area contributed by atoms with E-state index in [4.69, 9.17) is 10.1 Å². The summed E-state index contributed by atoms with van der Waals surface area (Å²) in [6.07, 6.45) is 0.296. The minimum Gasteiger partial charge on any atom is -0.444 e. The first-order valence-corrected chi connectivity index (χ1v) is 10.4. The summed E-state index contributed by atoms with van der Waals surface area (Å²) in [4.78, 5) is 28.7. The molecule has 0 saturated heterocycles. The molecule has 9 heteroatoms. The number of likely N-dealkylation sites (N-methyl/N-ethyl adjacent to an activating group) is 2. The summed E-state index contributed by atoms with van der Waals surface area (Å²) in [5.41, 5.74) is 1.20. The second-order valence-electron chi connectivity index (χ2n) is 8.65. The number of amides is 2. The summed E-state index contributed by atoms with van der Waals surface area (Å²) in [6, 6.07) is 6.98. The van der Waals surface area contributed by atoms with Crippen molar-refractivity contribution in [1.29, 1.82) is 5.41 Å². The Labute approximate surface area is 192 Å². The molecule has 0 fully saturated rings. The molecule has 0 aliphatic rings. The van der Waals surface area contributed by atoms with E-state index in [1.807, 2.05) is 0 Å². The molecule has 1 unspecified atom stereocenters. The van der Waals surface area contributed by atoms with Gasteiger partial charge in [-0.2, -0.15) is 0 Å². The number of benzene rings is 2.